The van der Waals surface area contributed by atoms with Crippen LogP contribution in [0, 0.1) is 0 Å². The van der Waals surface area contributed by atoms with Crippen LogP contribution >= 0.6 is 23.1 Å². The summed E-state index contributed by atoms with van der Waals surface area (Å²) in [7, 11) is 0. The van der Waals surface area contributed by atoms with Crippen molar-refractivity contribution in [2.45, 2.75) is 49.1 Å². The van der Waals surface area contributed by atoms with E-state index in [0.29, 0.717) is 17.3 Å². The van der Waals surface area contributed by atoms with Crippen LogP contribution in [-0.2, 0) is 0 Å². The Balaban J connectivity index is 1.45. The lowest BCUT2D eigenvalue weighted by Crippen LogP contribution is -2.13. The number of hydrogen-bond donors (Lipinski definition) is 1. The normalized spacial score (nSPS) is 15.9. The molecule has 3 heterocycles. The van der Waals surface area contributed by atoms with E-state index in [9.17, 15) is 4.79 Å². The van der Waals surface area contributed by atoms with Crippen LogP contribution in [0.15, 0.2) is 45.7 Å². The molecule has 0 aliphatic heterocycles. The number of thiophene rings is 1. The van der Waals surface area contributed by atoms with Crippen LogP contribution in [0.3, 0.4) is 0 Å². The van der Waals surface area contributed by atoms with Gasteiger partial charge < -0.3 is 4.98 Å². The fraction of sp³-hybridized carbons (Fsp3) is 0.350. The van der Waals surface area contributed by atoms with Crippen LogP contribution < -0.4 is 5.56 Å². The number of aromatic amines is 1. The minimum absolute atomic E-state index is 0.0690. The number of tetrazole rings is 1. The van der Waals surface area contributed by atoms with Crippen LogP contribution in [0.2, 0.25) is 0 Å². The molecule has 0 unspecified atom stereocenters. The zero-order valence-corrected chi connectivity index (χ0v) is 17.5. The van der Waals surface area contributed by atoms with E-state index in [1.54, 1.807) is 0 Å². The van der Waals surface area contributed by atoms with Crippen LogP contribution in [-0.4, -0.2) is 30.2 Å². The van der Waals surface area contributed by atoms with Gasteiger partial charge in [-0.05, 0) is 35.8 Å². The van der Waals surface area contributed by atoms with Crippen molar-refractivity contribution in [2.75, 3.05) is 0 Å². The Hall–Kier alpha value is -2.52. The monoisotopic (exact) mass is 424 g/mol. The van der Waals surface area contributed by atoms with Gasteiger partial charge in [0.05, 0.1) is 16.7 Å². The first kappa shape index (κ1) is 18.5. The van der Waals surface area contributed by atoms with E-state index in [2.05, 4.69) is 20.5 Å². The molecule has 1 atom stereocenters. The zero-order valence-electron chi connectivity index (χ0n) is 15.9. The second-order valence-corrected chi connectivity index (χ2v) is 9.42. The van der Waals surface area contributed by atoms with Gasteiger partial charge in [0.15, 0.2) is 0 Å². The van der Waals surface area contributed by atoms with Crippen molar-refractivity contribution in [1.82, 2.24) is 30.2 Å². The van der Waals surface area contributed by atoms with Gasteiger partial charge in [-0.2, -0.15) is 0 Å². The molecule has 4 aromatic rings. The van der Waals surface area contributed by atoms with Crippen molar-refractivity contribution in [3.63, 3.8) is 0 Å². The summed E-state index contributed by atoms with van der Waals surface area (Å²) in [5.74, 6) is 0.648. The van der Waals surface area contributed by atoms with E-state index in [1.165, 1.54) is 35.9 Å². The molecule has 3 aromatic heterocycles. The Labute approximate surface area is 175 Å². The summed E-state index contributed by atoms with van der Waals surface area (Å²) in [6.45, 7) is 2.02. The molecule has 0 amide bonds. The molecular formula is C20H20N6OS2. The number of rotatable bonds is 5. The number of hydrogen-bond acceptors (Lipinski definition) is 7. The average molecular weight is 425 g/mol. The van der Waals surface area contributed by atoms with E-state index >= 15 is 0 Å². The molecule has 1 aliphatic rings. The highest BCUT2D eigenvalue weighted by Crippen LogP contribution is 2.37. The minimum Gasteiger partial charge on any atom is -0.309 e. The molecule has 0 spiro atoms. The van der Waals surface area contributed by atoms with Crippen molar-refractivity contribution in [3.05, 3.63) is 51.9 Å². The lowest BCUT2D eigenvalue weighted by atomic mass is 10.1. The Morgan fingerprint density at radius 2 is 2.03 bits per heavy atom. The molecule has 1 saturated carbocycles. The number of benzene rings is 1. The van der Waals surface area contributed by atoms with Crippen molar-refractivity contribution in [2.24, 2.45) is 0 Å². The second-order valence-electron chi connectivity index (χ2n) is 7.25. The molecule has 1 aliphatic carbocycles. The number of thioether (sulfide) groups is 1. The molecule has 148 valence electrons. The van der Waals surface area contributed by atoms with Crippen LogP contribution in [0.25, 0.3) is 21.3 Å². The molecule has 29 heavy (non-hydrogen) atoms. The van der Waals surface area contributed by atoms with Gasteiger partial charge in [0.25, 0.3) is 5.56 Å². The van der Waals surface area contributed by atoms with Gasteiger partial charge in [-0.1, -0.05) is 54.9 Å². The van der Waals surface area contributed by atoms with Crippen molar-refractivity contribution in [3.8, 4) is 11.1 Å². The number of nitrogens with one attached hydrogen (secondary N) is 1. The standard InChI is InChI=1S/C20H20N6OS2/c1-12(29-20-23-24-25-26(20)14-9-5-6-10-14)17-21-18(27)16-15(11-28-19(16)22-17)13-7-3-2-4-8-13/h2-4,7-8,11-12,14H,5-6,9-10H2,1H3,(H,21,22,27)/t12-/m0/s1. The van der Waals surface area contributed by atoms with Gasteiger partial charge >= 0.3 is 0 Å². The summed E-state index contributed by atoms with van der Waals surface area (Å²) in [6.07, 6.45) is 4.67. The van der Waals surface area contributed by atoms with Gasteiger partial charge in [0.2, 0.25) is 5.16 Å². The summed E-state index contributed by atoms with van der Waals surface area (Å²) in [5.41, 5.74) is 1.85. The summed E-state index contributed by atoms with van der Waals surface area (Å²) in [6, 6.07) is 10.3. The molecule has 1 fully saturated rings. The van der Waals surface area contributed by atoms with E-state index in [4.69, 9.17) is 4.98 Å². The highest BCUT2D eigenvalue weighted by atomic mass is 32.2. The van der Waals surface area contributed by atoms with Gasteiger partial charge in [-0.25, -0.2) is 9.67 Å². The Morgan fingerprint density at radius 3 is 2.83 bits per heavy atom. The summed E-state index contributed by atoms with van der Waals surface area (Å²) in [5, 5.41) is 15.6. The summed E-state index contributed by atoms with van der Waals surface area (Å²) >= 11 is 3.04. The second kappa shape index (κ2) is 7.72. The smallest absolute Gasteiger partial charge is 0.260 e. The predicted molar refractivity (Wildman–Crippen MR) is 115 cm³/mol. The largest absolute Gasteiger partial charge is 0.309 e. The third kappa shape index (κ3) is 3.49. The molecule has 0 bridgehead atoms. The minimum atomic E-state index is -0.104. The number of nitrogens with zero attached hydrogens (tertiary/aromatic N) is 5. The lowest BCUT2D eigenvalue weighted by molar-refractivity contribution is 0.422. The molecule has 5 rings (SSSR count). The average Bonchev–Trinajstić information content (AvgIpc) is 3.48. The van der Waals surface area contributed by atoms with E-state index < -0.39 is 0 Å². The highest BCUT2D eigenvalue weighted by Gasteiger charge is 2.24. The van der Waals surface area contributed by atoms with E-state index in [1.807, 2.05) is 47.3 Å². The summed E-state index contributed by atoms with van der Waals surface area (Å²) in [4.78, 5) is 21.4. The summed E-state index contributed by atoms with van der Waals surface area (Å²) < 4.78 is 1.93. The predicted octanol–water partition coefficient (Wildman–Crippen LogP) is 4.61. The van der Waals surface area contributed by atoms with Crippen molar-refractivity contribution >= 4 is 33.3 Å². The Morgan fingerprint density at radius 1 is 1.24 bits per heavy atom. The lowest BCUT2D eigenvalue weighted by Gasteiger charge is -2.13. The van der Waals surface area contributed by atoms with Crippen LogP contribution in [0.5, 0.6) is 0 Å². The quantitative estimate of drug-likeness (QED) is 0.471. The molecule has 1 aromatic carbocycles. The first-order chi connectivity index (χ1) is 14.2. The third-order valence-electron chi connectivity index (χ3n) is 5.35. The molecule has 9 heteroatoms. The number of H-pyrrole nitrogens is 1. The first-order valence-corrected chi connectivity index (χ1v) is 11.5. The molecule has 1 N–H and O–H groups in total. The highest BCUT2D eigenvalue weighted by molar-refractivity contribution is 7.99. The fourth-order valence-corrected chi connectivity index (χ4v) is 5.71. The van der Waals surface area contributed by atoms with Gasteiger partial charge in [0, 0.05) is 10.9 Å². The molecule has 7 nitrogen and oxygen atoms in total. The Bertz CT molecular complexity index is 1190. The maximum Gasteiger partial charge on any atom is 0.260 e. The van der Waals surface area contributed by atoms with Crippen LogP contribution in [0.1, 0.15) is 49.7 Å². The molecule has 0 saturated heterocycles. The maximum atomic E-state index is 12.9. The van der Waals surface area contributed by atoms with Crippen molar-refractivity contribution < 1.29 is 0 Å². The maximum absolute atomic E-state index is 12.9. The fourth-order valence-electron chi connectivity index (χ4n) is 3.84. The SMILES string of the molecule is C[C@H](Sc1nnnn1C1CCCC1)c1nc2scc(-c3ccccc3)c2c(=O)[nH]1. The van der Waals surface area contributed by atoms with E-state index in [-0.39, 0.29) is 10.8 Å². The van der Waals surface area contributed by atoms with E-state index in [0.717, 1.165) is 34.0 Å². The van der Waals surface area contributed by atoms with Crippen LogP contribution in [0.4, 0.5) is 0 Å². The first-order valence-electron chi connectivity index (χ1n) is 9.72. The van der Waals surface area contributed by atoms with Gasteiger partial charge in [-0.15, -0.1) is 16.4 Å². The molecule has 0 radical (unpaired) electrons. The topological polar surface area (TPSA) is 89.3 Å². The number of fused-ring (bicyclic) bond motifs is 1. The Kier molecular flexibility index (Phi) is 4.92. The zero-order chi connectivity index (χ0) is 19.8. The molecular weight excluding hydrogens is 404 g/mol. The number of aromatic nitrogens is 6. The van der Waals surface area contributed by atoms with Gasteiger partial charge in [-0.3, -0.25) is 4.79 Å². The van der Waals surface area contributed by atoms with Gasteiger partial charge in [0.1, 0.15) is 10.7 Å². The third-order valence-corrected chi connectivity index (χ3v) is 7.28. The van der Waals surface area contributed by atoms with Crippen molar-refractivity contribution in [1.29, 1.82) is 0 Å².